The molecule has 2 aromatic carbocycles. The molecule has 0 aliphatic carbocycles. The van der Waals surface area contributed by atoms with Crippen LogP contribution in [0.1, 0.15) is 38.8 Å². The minimum Gasteiger partial charge on any atom is -0.488 e. The van der Waals surface area contributed by atoms with E-state index in [0.717, 1.165) is 46.9 Å². The zero-order chi connectivity index (χ0) is 26.1. The van der Waals surface area contributed by atoms with E-state index in [0.29, 0.717) is 23.9 Å². The van der Waals surface area contributed by atoms with E-state index in [2.05, 4.69) is 120 Å². The summed E-state index contributed by atoms with van der Waals surface area (Å²) >= 11 is 21.7. The first kappa shape index (κ1) is 32.1. The average Bonchev–Trinajstić information content (AvgIpc) is 2.75. The number of benzene rings is 2. The lowest BCUT2D eigenvalue weighted by atomic mass is 10.0. The van der Waals surface area contributed by atoms with E-state index in [9.17, 15) is 0 Å². The van der Waals surface area contributed by atoms with Gasteiger partial charge < -0.3 is 18.9 Å². The van der Waals surface area contributed by atoms with Crippen LogP contribution in [-0.4, -0.2) is 48.3 Å². The van der Waals surface area contributed by atoms with Crippen LogP contribution < -0.4 is 9.47 Å². The number of alkyl halides is 2. The Bertz CT molecular complexity index is 832. The molecule has 196 valence electrons. The Balaban J connectivity index is 2.10. The summed E-state index contributed by atoms with van der Waals surface area (Å²) < 4.78 is 27.4. The molecule has 0 fully saturated rings. The lowest BCUT2D eigenvalue weighted by Crippen LogP contribution is -2.26. The molecule has 2 atom stereocenters. The van der Waals surface area contributed by atoms with Gasteiger partial charge in [-0.3, -0.25) is 0 Å². The molecule has 10 heteroatoms. The number of rotatable bonds is 14. The van der Waals surface area contributed by atoms with Crippen molar-refractivity contribution >= 4 is 95.6 Å². The van der Waals surface area contributed by atoms with Crippen molar-refractivity contribution in [2.75, 3.05) is 23.9 Å². The molecule has 4 nitrogen and oxygen atoms in total. The van der Waals surface area contributed by atoms with Crippen molar-refractivity contribution in [2.24, 2.45) is 0 Å². The summed E-state index contributed by atoms with van der Waals surface area (Å²) in [5, 5.41) is 1.42. The Morgan fingerprint density at radius 2 is 0.914 bits per heavy atom. The smallest absolute Gasteiger partial charge is 0.147 e. The van der Waals surface area contributed by atoms with E-state index in [1.54, 1.807) is 0 Å². The molecular weight excluding hydrogens is 844 g/mol. The molecule has 0 amide bonds. The molecule has 2 aromatic rings. The van der Waals surface area contributed by atoms with Crippen molar-refractivity contribution in [1.29, 1.82) is 0 Å². The van der Waals surface area contributed by atoms with Crippen molar-refractivity contribution < 1.29 is 18.9 Å². The highest BCUT2D eigenvalue weighted by Crippen LogP contribution is 2.38. The topological polar surface area (TPSA) is 36.9 Å². The molecule has 0 spiro atoms. The molecule has 0 aliphatic rings. The molecule has 0 saturated carbocycles. The van der Waals surface area contributed by atoms with Crippen LogP contribution in [0.4, 0.5) is 0 Å². The van der Waals surface area contributed by atoms with Gasteiger partial charge in [0.25, 0.3) is 0 Å². The van der Waals surface area contributed by atoms with Gasteiger partial charge in [-0.2, -0.15) is 0 Å². The molecule has 0 aliphatic heterocycles. The molecular formula is C25H30Br6O4. The monoisotopic (exact) mass is 868 g/mol. The first-order valence-electron chi connectivity index (χ1n) is 11.2. The lowest BCUT2D eigenvalue weighted by Gasteiger charge is -2.20. The Kier molecular flexibility index (Phi) is 14.7. The third-order valence-corrected chi connectivity index (χ3v) is 8.43. The largest absolute Gasteiger partial charge is 0.488 e. The van der Waals surface area contributed by atoms with Crippen LogP contribution in [0.25, 0.3) is 0 Å². The van der Waals surface area contributed by atoms with Gasteiger partial charge in [0, 0.05) is 10.7 Å². The normalized spacial score (nSPS) is 13.4. The van der Waals surface area contributed by atoms with Crippen LogP contribution in [0.3, 0.4) is 0 Å². The van der Waals surface area contributed by atoms with Crippen LogP contribution in [0, 0.1) is 0 Å². The summed E-state index contributed by atoms with van der Waals surface area (Å²) in [5.41, 5.74) is 2.28. The van der Waals surface area contributed by atoms with Gasteiger partial charge in [-0.15, -0.1) is 0 Å². The summed E-state index contributed by atoms with van der Waals surface area (Å²) in [5.74, 6) is 1.53. The van der Waals surface area contributed by atoms with Crippen LogP contribution in [0.5, 0.6) is 11.5 Å². The van der Waals surface area contributed by atoms with E-state index >= 15 is 0 Å². The van der Waals surface area contributed by atoms with Crippen LogP contribution >= 0.6 is 95.6 Å². The summed E-state index contributed by atoms with van der Waals surface area (Å²) in [7, 11) is 0. The average molecular weight is 874 g/mol. The van der Waals surface area contributed by atoms with E-state index in [-0.39, 0.29) is 24.4 Å². The van der Waals surface area contributed by atoms with Crippen LogP contribution in [0.2, 0.25) is 0 Å². The third-order valence-electron chi connectivity index (χ3n) is 4.62. The predicted molar refractivity (Wildman–Crippen MR) is 165 cm³/mol. The van der Waals surface area contributed by atoms with Gasteiger partial charge in [0.05, 0.1) is 30.1 Å². The Morgan fingerprint density at radius 3 is 1.17 bits per heavy atom. The number of halogens is 6. The SMILES string of the molecule is CC(C)OC(CBr)COc1c(Br)cc(Cc2cc(Br)c(OCC(CBr)OC(C)C)c(Br)c2)cc1Br. The zero-order valence-corrected chi connectivity index (χ0v) is 29.6. The second-order valence-corrected chi connectivity index (χ2v) is 13.2. The van der Waals surface area contributed by atoms with Crippen molar-refractivity contribution in [3.05, 3.63) is 53.3 Å². The van der Waals surface area contributed by atoms with Crippen molar-refractivity contribution in [3.8, 4) is 11.5 Å². The van der Waals surface area contributed by atoms with Gasteiger partial charge >= 0.3 is 0 Å². The standard InChI is InChI=1S/C25H30Br6O4/c1-14(2)34-18(10-26)12-32-24-20(28)6-16(7-21(24)29)5-17-8-22(30)25(23(31)9-17)33-13-19(11-27)35-15(3)4/h6-9,14-15,18-19H,5,10-13H2,1-4H3. The van der Waals surface area contributed by atoms with Gasteiger partial charge in [-0.1, -0.05) is 31.9 Å². The fraction of sp³-hybridized carbons (Fsp3) is 0.520. The highest BCUT2D eigenvalue weighted by Gasteiger charge is 2.17. The zero-order valence-electron chi connectivity index (χ0n) is 20.1. The maximum Gasteiger partial charge on any atom is 0.147 e. The van der Waals surface area contributed by atoms with Gasteiger partial charge in [0.15, 0.2) is 0 Å². The highest BCUT2D eigenvalue weighted by molar-refractivity contribution is 9.11. The van der Waals surface area contributed by atoms with Crippen LogP contribution in [0.15, 0.2) is 42.2 Å². The lowest BCUT2D eigenvalue weighted by molar-refractivity contribution is -0.00330. The van der Waals surface area contributed by atoms with Crippen LogP contribution in [-0.2, 0) is 15.9 Å². The summed E-state index contributed by atoms with van der Waals surface area (Å²) in [6, 6.07) is 8.34. The van der Waals surface area contributed by atoms with Gasteiger partial charge in [0.1, 0.15) is 36.9 Å². The first-order chi connectivity index (χ1) is 16.5. The molecule has 0 radical (unpaired) electrons. The molecule has 0 N–H and O–H groups in total. The maximum absolute atomic E-state index is 6.07. The summed E-state index contributed by atoms with van der Waals surface area (Å²) in [6.07, 6.45) is 0.988. The molecule has 35 heavy (non-hydrogen) atoms. The highest BCUT2D eigenvalue weighted by atomic mass is 79.9. The molecule has 0 saturated heterocycles. The summed E-state index contributed by atoms with van der Waals surface area (Å²) in [6.45, 7) is 9.00. The predicted octanol–water partition coefficient (Wildman–Crippen LogP) is 9.46. The first-order valence-corrected chi connectivity index (χ1v) is 16.6. The van der Waals surface area contributed by atoms with Crippen molar-refractivity contribution in [1.82, 2.24) is 0 Å². The van der Waals surface area contributed by atoms with E-state index in [4.69, 9.17) is 18.9 Å². The molecule has 0 heterocycles. The number of hydrogen-bond acceptors (Lipinski definition) is 4. The second-order valence-electron chi connectivity index (χ2n) is 8.50. The minimum atomic E-state index is -0.0225. The number of hydrogen-bond donors (Lipinski definition) is 0. The fourth-order valence-corrected chi connectivity index (χ4v) is 7.00. The maximum atomic E-state index is 6.07. The third kappa shape index (κ3) is 10.9. The Hall–Kier alpha value is 0.840. The molecule has 0 aromatic heterocycles. The molecule has 0 bridgehead atoms. The summed E-state index contributed by atoms with van der Waals surface area (Å²) in [4.78, 5) is 0. The molecule has 2 unspecified atom stereocenters. The molecule has 2 rings (SSSR count). The van der Waals surface area contributed by atoms with Gasteiger partial charge in [-0.25, -0.2) is 0 Å². The quantitative estimate of drug-likeness (QED) is 0.178. The Labute approximate surface area is 259 Å². The van der Waals surface area contributed by atoms with Gasteiger partial charge in [0.2, 0.25) is 0 Å². The fourth-order valence-electron chi connectivity index (χ4n) is 3.30. The van der Waals surface area contributed by atoms with Crippen molar-refractivity contribution in [3.63, 3.8) is 0 Å². The van der Waals surface area contributed by atoms with Crippen molar-refractivity contribution in [2.45, 2.75) is 58.5 Å². The number of ether oxygens (including phenoxy) is 4. The van der Waals surface area contributed by atoms with E-state index in [1.165, 1.54) is 0 Å². The second kappa shape index (κ2) is 16.1. The van der Waals surface area contributed by atoms with Gasteiger partial charge in [-0.05, 0) is 133 Å². The minimum absolute atomic E-state index is 0.0225. The Morgan fingerprint density at radius 1 is 0.600 bits per heavy atom. The van der Waals surface area contributed by atoms with E-state index < -0.39 is 0 Å². The van der Waals surface area contributed by atoms with E-state index in [1.807, 2.05) is 27.7 Å².